The molecule has 1 fully saturated rings. The number of nitrogens with one attached hydrogen (secondary N) is 1. The van der Waals surface area contributed by atoms with Crippen molar-refractivity contribution in [3.8, 4) is 11.1 Å². The van der Waals surface area contributed by atoms with Crippen LogP contribution in [0.2, 0.25) is 0 Å². The van der Waals surface area contributed by atoms with E-state index in [9.17, 15) is 14.7 Å². The maximum atomic E-state index is 12.9. The maximum absolute atomic E-state index is 12.9. The Bertz CT molecular complexity index is 1100. The molecule has 184 valence electrons. The summed E-state index contributed by atoms with van der Waals surface area (Å²) in [5.74, 6) is -1.21. The van der Waals surface area contributed by atoms with Gasteiger partial charge < -0.3 is 19.6 Å². The molecule has 2 aromatic carbocycles. The molecule has 1 aliphatic carbocycles. The molecule has 9 heteroatoms. The third-order valence-corrected chi connectivity index (χ3v) is 7.67. The van der Waals surface area contributed by atoms with Gasteiger partial charge in [-0.2, -0.15) is 0 Å². The van der Waals surface area contributed by atoms with Crippen LogP contribution in [0.5, 0.6) is 0 Å². The van der Waals surface area contributed by atoms with E-state index in [0.29, 0.717) is 19.3 Å². The molecule has 1 heterocycles. The molecule has 1 aliphatic heterocycles. The van der Waals surface area contributed by atoms with Crippen molar-refractivity contribution in [3.63, 3.8) is 0 Å². The second-order valence-corrected chi connectivity index (χ2v) is 10.2. The first-order chi connectivity index (χ1) is 16.8. The Hall–Kier alpha value is -3.55. The van der Waals surface area contributed by atoms with Gasteiger partial charge in [-0.25, -0.2) is 9.59 Å². The number of amides is 1. The summed E-state index contributed by atoms with van der Waals surface area (Å²) >= 11 is 0. The number of quaternary nitrogens is 1. The third kappa shape index (κ3) is 5.11. The molecule has 2 aromatic rings. The van der Waals surface area contributed by atoms with Crippen LogP contribution in [0.15, 0.2) is 53.6 Å². The fourth-order valence-electron chi connectivity index (χ4n) is 5.52. The molecular formula is C26H32N5O4+. The summed E-state index contributed by atoms with van der Waals surface area (Å²) in [6.45, 7) is 1.83. The van der Waals surface area contributed by atoms with Crippen LogP contribution in [-0.2, 0) is 9.53 Å². The number of piperidine rings is 1. The minimum Gasteiger partial charge on any atom is -0.480 e. The van der Waals surface area contributed by atoms with E-state index in [1.165, 1.54) is 0 Å². The van der Waals surface area contributed by atoms with Gasteiger partial charge in [0.2, 0.25) is 0 Å². The summed E-state index contributed by atoms with van der Waals surface area (Å²) in [7, 11) is 4.21. The minimum atomic E-state index is -1.13. The zero-order valence-electron chi connectivity index (χ0n) is 20.2. The molecule has 2 aliphatic rings. The number of alkyl carbamates (subject to hydrolysis) is 1. The van der Waals surface area contributed by atoms with E-state index in [0.717, 1.165) is 39.8 Å². The Morgan fingerprint density at radius 3 is 2.26 bits per heavy atom. The normalized spacial score (nSPS) is 18.5. The summed E-state index contributed by atoms with van der Waals surface area (Å²) in [6, 6.07) is 15.0. The molecule has 4 rings (SSSR count). The van der Waals surface area contributed by atoms with Crippen LogP contribution in [0.1, 0.15) is 36.3 Å². The van der Waals surface area contributed by atoms with Gasteiger partial charge in [0.25, 0.3) is 0 Å². The van der Waals surface area contributed by atoms with E-state index in [1.807, 2.05) is 36.4 Å². The number of fused-ring (bicyclic) bond motifs is 3. The molecule has 0 spiro atoms. The molecule has 0 unspecified atom stereocenters. The van der Waals surface area contributed by atoms with E-state index in [-0.39, 0.29) is 19.1 Å². The summed E-state index contributed by atoms with van der Waals surface area (Å²) in [5.41, 5.74) is 12.4. The van der Waals surface area contributed by atoms with E-state index in [1.54, 1.807) is 0 Å². The van der Waals surface area contributed by atoms with Crippen molar-refractivity contribution < 1.29 is 23.9 Å². The Balaban J connectivity index is 1.49. The predicted octanol–water partition coefficient (Wildman–Crippen LogP) is 4.54. The summed E-state index contributed by atoms with van der Waals surface area (Å²) in [4.78, 5) is 28.1. The number of azide groups is 1. The molecule has 35 heavy (non-hydrogen) atoms. The van der Waals surface area contributed by atoms with E-state index >= 15 is 0 Å². The molecule has 0 bridgehead atoms. The molecule has 1 saturated heterocycles. The quantitative estimate of drug-likeness (QED) is 0.250. The van der Waals surface area contributed by atoms with E-state index in [2.05, 4.69) is 41.6 Å². The number of hydrogen-bond acceptors (Lipinski definition) is 4. The van der Waals surface area contributed by atoms with Gasteiger partial charge in [0.05, 0.1) is 27.2 Å². The average Bonchev–Trinajstić information content (AvgIpc) is 3.16. The lowest BCUT2D eigenvalue weighted by molar-refractivity contribution is -0.897. The average molecular weight is 479 g/mol. The fourth-order valence-corrected chi connectivity index (χ4v) is 5.52. The zero-order chi connectivity index (χ0) is 25.1. The number of nitrogens with zero attached hydrogens (tertiary/aromatic N) is 4. The van der Waals surface area contributed by atoms with Crippen LogP contribution in [0.3, 0.4) is 0 Å². The maximum Gasteiger partial charge on any atom is 0.407 e. The Kier molecular flexibility index (Phi) is 7.00. The summed E-state index contributed by atoms with van der Waals surface area (Å²) in [5, 5.41) is 16.4. The Labute approximate surface area is 204 Å². The van der Waals surface area contributed by atoms with E-state index < -0.39 is 23.5 Å². The van der Waals surface area contributed by atoms with Gasteiger partial charge in [0.1, 0.15) is 12.6 Å². The van der Waals surface area contributed by atoms with Gasteiger partial charge in [-0.3, -0.25) is 0 Å². The second kappa shape index (κ2) is 9.98. The number of carbonyl (C=O) groups is 2. The number of carboxylic acid groups (broad SMARTS) is 1. The first kappa shape index (κ1) is 24.6. The Morgan fingerprint density at radius 1 is 1.14 bits per heavy atom. The predicted molar refractivity (Wildman–Crippen MR) is 132 cm³/mol. The lowest BCUT2D eigenvalue weighted by atomic mass is 9.69. The van der Waals surface area contributed by atoms with Gasteiger partial charge >= 0.3 is 12.1 Å². The van der Waals surface area contributed by atoms with Crippen LogP contribution < -0.4 is 5.32 Å². The van der Waals surface area contributed by atoms with Gasteiger partial charge in [0.15, 0.2) is 0 Å². The molecule has 0 radical (unpaired) electrons. The number of rotatable bonds is 8. The van der Waals surface area contributed by atoms with Crippen molar-refractivity contribution in [2.45, 2.75) is 31.2 Å². The largest absolute Gasteiger partial charge is 0.480 e. The molecule has 2 N–H and O–H groups in total. The number of aliphatic carboxylic acids is 1. The lowest BCUT2D eigenvalue weighted by Gasteiger charge is -2.47. The second-order valence-electron chi connectivity index (χ2n) is 10.2. The van der Waals surface area contributed by atoms with Crippen molar-refractivity contribution in [1.29, 1.82) is 0 Å². The van der Waals surface area contributed by atoms with Crippen LogP contribution in [0.25, 0.3) is 21.6 Å². The zero-order valence-corrected chi connectivity index (χ0v) is 20.2. The molecule has 9 nitrogen and oxygen atoms in total. The number of hydrogen-bond donors (Lipinski definition) is 2. The Morgan fingerprint density at radius 2 is 1.71 bits per heavy atom. The number of benzene rings is 2. The standard InChI is InChI=1S/C26H31N5O4/c1-31(2)15-12-26(13-16-31,11-14-28-30-27)23(24(32)33)29-25(34)35-17-22-20-9-5-3-7-18(20)19-8-4-6-10-21(19)22/h3-10,22-23H,11-17H2,1-2H3,(H-,29,32,33,34)/p+1/t23-/m1/s1. The smallest absolute Gasteiger partial charge is 0.407 e. The number of ether oxygens (including phenoxy) is 1. The monoisotopic (exact) mass is 478 g/mol. The SMILES string of the molecule is C[N+]1(C)CCC(CCN=[N+]=[N-])([C@H](NC(=O)OCC2c3ccccc3-c3ccccc32)C(=O)O)CC1. The first-order valence-electron chi connectivity index (χ1n) is 11.9. The molecule has 1 atom stereocenters. The van der Waals surface area contributed by atoms with Crippen LogP contribution in [-0.4, -0.2) is 68.0 Å². The molecule has 0 saturated carbocycles. The van der Waals surface area contributed by atoms with Crippen LogP contribution in [0, 0.1) is 5.41 Å². The van der Waals surface area contributed by atoms with Crippen LogP contribution in [0.4, 0.5) is 4.79 Å². The van der Waals surface area contributed by atoms with Gasteiger partial charge in [-0.05, 0) is 34.2 Å². The number of carboxylic acids is 1. The third-order valence-electron chi connectivity index (χ3n) is 7.67. The van der Waals surface area contributed by atoms with E-state index in [4.69, 9.17) is 10.3 Å². The highest BCUT2D eigenvalue weighted by molar-refractivity contribution is 5.81. The topological polar surface area (TPSA) is 124 Å². The molecule has 1 amide bonds. The summed E-state index contributed by atoms with van der Waals surface area (Å²) < 4.78 is 6.40. The van der Waals surface area contributed by atoms with Crippen molar-refractivity contribution in [1.82, 2.24) is 5.32 Å². The van der Waals surface area contributed by atoms with Crippen molar-refractivity contribution in [3.05, 3.63) is 70.1 Å². The molecule has 0 aromatic heterocycles. The highest BCUT2D eigenvalue weighted by Crippen LogP contribution is 2.44. The van der Waals surface area contributed by atoms with Crippen molar-refractivity contribution in [2.75, 3.05) is 40.3 Å². The highest BCUT2D eigenvalue weighted by atomic mass is 16.5. The summed E-state index contributed by atoms with van der Waals surface area (Å²) in [6.07, 6.45) is 0.836. The van der Waals surface area contributed by atoms with Crippen LogP contribution >= 0.6 is 0 Å². The van der Waals surface area contributed by atoms with Gasteiger partial charge in [0, 0.05) is 35.6 Å². The highest BCUT2D eigenvalue weighted by Gasteiger charge is 2.48. The number of carbonyl (C=O) groups excluding carboxylic acids is 1. The minimum absolute atomic E-state index is 0.108. The fraction of sp³-hybridized carbons (Fsp3) is 0.462. The first-order valence-corrected chi connectivity index (χ1v) is 11.9. The lowest BCUT2D eigenvalue weighted by Crippen LogP contribution is -2.59. The molecular weight excluding hydrogens is 446 g/mol. The number of likely N-dealkylation sites (tertiary alicyclic amines) is 1. The van der Waals surface area contributed by atoms with Gasteiger partial charge in [-0.15, -0.1) is 0 Å². The van der Waals surface area contributed by atoms with Crippen molar-refractivity contribution in [2.24, 2.45) is 10.5 Å². The van der Waals surface area contributed by atoms with Gasteiger partial charge in [-0.1, -0.05) is 53.6 Å². The van der Waals surface area contributed by atoms with Crippen molar-refractivity contribution >= 4 is 12.1 Å².